The highest BCUT2D eigenvalue weighted by Gasteiger charge is 2.23. The fourth-order valence-corrected chi connectivity index (χ4v) is 4.25. The number of carbonyl (C=O) groups excluding carboxylic acids is 1. The number of hydrogen-bond acceptors (Lipinski definition) is 4. The largest absolute Gasteiger partial charge is 0.377 e. The van der Waals surface area contributed by atoms with Gasteiger partial charge in [0.2, 0.25) is 0 Å². The molecule has 31 heavy (non-hydrogen) atoms. The highest BCUT2D eigenvalue weighted by molar-refractivity contribution is 5.93. The van der Waals surface area contributed by atoms with Gasteiger partial charge in [-0.2, -0.15) is 0 Å². The number of pyridine rings is 1. The summed E-state index contributed by atoms with van der Waals surface area (Å²) in [6, 6.07) is 18.6. The molecule has 0 aliphatic heterocycles. The number of hydrogen-bond donors (Lipinski definition) is 3. The highest BCUT2D eigenvalue weighted by atomic mass is 16.2. The van der Waals surface area contributed by atoms with Crippen molar-refractivity contribution in [1.82, 2.24) is 10.3 Å². The molecule has 0 spiro atoms. The van der Waals surface area contributed by atoms with Gasteiger partial charge < -0.3 is 20.9 Å². The Morgan fingerprint density at radius 2 is 1.65 bits per heavy atom. The molecule has 4 rings (SSSR count). The van der Waals surface area contributed by atoms with Crippen LogP contribution in [0.3, 0.4) is 0 Å². The Balaban J connectivity index is 1.33. The quantitative estimate of drug-likeness (QED) is 0.537. The van der Waals surface area contributed by atoms with Crippen molar-refractivity contribution in [2.75, 3.05) is 29.6 Å². The second-order valence-corrected chi connectivity index (χ2v) is 8.54. The van der Waals surface area contributed by atoms with Crippen molar-refractivity contribution in [3.8, 4) is 0 Å². The zero-order valence-corrected chi connectivity index (χ0v) is 18.5. The van der Waals surface area contributed by atoms with E-state index < -0.39 is 0 Å². The summed E-state index contributed by atoms with van der Waals surface area (Å²) in [7, 11) is 4.12. The van der Waals surface area contributed by atoms with E-state index in [1.54, 1.807) is 0 Å². The average molecular weight is 418 g/mol. The summed E-state index contributed by atoms with van der Waals surface area (Å²) >= 11 is 0. The Morgan fingerprint density at radius 3 is 2.39 bits per heavy atom. The van der Waals surface area contributed by atoms with E-state index in [2.05, 4.69) is 53.1 Å². The van der Waals surface area contributed by atoms with E-state index in [0.29, 0.717) is 6.04 Å². The molecule has 6 heteroatoms. The minimum absolute atomic E-state index is 0.127. The second kappa shape index (κ2) is 9.25. The molecule has 1 aromatic heterocycles. The molecule has 3 N–H and O–H groups in total. The van der Waals surface area contributed by atoms with Crippen LogP contribution in [0.5, 0.6) is 0 Å². The van der Waals surface area contributed by atoms with Crippen LogP contribution >= 0.6 is 0 Å². The molecule has 1 aliphatic carbocycles. The Bertz CT molecular complexity index is 1060. The van der Waals surface area contributed by atoms with Crippen LogP contribution in [0, 0.1) is 6.92 Å². The zero-order chi connectivity index (χ0) is 21.8. The number of aromatic nitrogens is 1. The Morgan fingerprint density at radius 1 is 0.968 bits per heavy atom. The van der Waals surface area contributed by atoms with Crippen molar-refractivity contribution in [2.45, 2.75) is 44.7 Å². The number of fused-ring (bicyclic) bond motifs is 1. The fourth-order valence-electron chi connectivity index (χ4n) is 4.25. The molecule has 2 amide bonds. The van der Waals surface area contributed by atoms with Crippen LogP contribution in [0.1, 0.15) is 31.2 Å². The van der Waals surface area contributed by atoms with Crippen molar-refractivity contribution < 1.29 is 4.79 Å². The van der Waals surface area contributed by atoms with E-state index in [0.717, 1.165) is 59.3 Å². The number of nitrogens with zero attached hydrogens (tertiary/aromatic N) is 2. The molecular formula is C25H31N5O. The smallest absolute Gasteiger partial charge is 0.319 e. The first-order valence-electron chi connectivity index (χ1n) is 11.0. The lowest BCUT2D eigenvalue weighted by atomic mass is 9.91. The predicted molar refractivity (Wildman–Crippen MR) is 129 cm³/mol. The monoisotopic (exact) mass is 417 g/mol. The van der Waals surface area contributed by atoms with Crippen LogP contribution in [0.2, 0.25) is 0 Å². The molecule has 1 heterocycles. The van der Waals surface area contributed by atoms with E-state index >= 15 is 0 Å². The SMILES string of the molecule is Cc1ccccc1NC(=O)NC1CCC(Nc2cc(N(C)C)c3ccccc3n2)CC1. The maximum atomic E-state index is 12.4. The van der Waals surface area contributed by atoms with E-state index in [1.807, 2.05) is 43.3 Å². The van der Waals surface area contributed by atoms with Crippen molar-refractivity contribution >= 4 is 34.1 Å². The third-order valence-corrected chi connectivity index (χ3v) is 5.98. The maximum Gasteiger partial charge on any atom is 0.319 e. The summed E-state index contributed by atoms with van der Waals surface area (Å²) in [5, 5.41) is 10.9. The van der Waals surface area contributed by atoms with Crippen molar-refractivity contribution in [3.63, 3.8) is 0 Å². The average Bonchev–Trinajstić information content (AvgIpc) is 2.76. The maximum absolute atomic E-state index is 12.4. The van der Waals surface area contributed by atoms with Gasteiger partial charge in [-0.3, -0.25) is 0 Å². The van der Waals surface area contributed by atoms with Crippen LogP contribution in [0.25, 0.3) is 10.9 Å². The van der Waals surface area contributed by atoms with E-state index in [4.69, 9.17) is 4.98 Å². The van der Waals surface area contributed by atoms with Gasteiger partial charge in [-0.25, -0.2) is 9.78 Å². The van der Waals surface area contributed by atoms with Crippen molar-refractivity contribution in [3.05, 3.63) is 60.2 Å². The van der Waals surface area contributed by atoms with Gasteiger partial charge in [0.25, 0.3) is 0 Å². The molecule has 1 aliphatic rings. The van der Waals surface area contributed by atoms with Gasteiger partial charge >= 0.3 is 6.03 Å². The number of carbonyl (C=O) groups is 1. The molecule has 1 saturated carbocycles. The van der Waals surface area contributed by atoms with Crippen LogP contribution in [0.4, 0.5) is 22.0 Å². The molecule has 0 unspecified atom stereocenters. The third-order valence-electron chi connectivity index (χ3n) is 5.98. The van der Waals surface area contributed by atoms with E-state index in [9.17, 15) is 4.79 Å². The molecule has 0 saturated heterocycles. The topological polar surface area (TPSA) is 69.3 Å². The number of urea groups is 1. The van der Waals surface area contributed by atoms with Gasteiger partial charge in [0.15, 0.2) is 0 Å². The Kier molecular flexibility index (Phi) is 6.26. The predicted octanol–water partition coefficient (Wildman–Crippen LogP) is 5.15. The normalized spacial score (nSPS) is 18.4. The van der Waals surface area contributed by atoms with Crippen molar-refractivity contribution in [2.24, 2.45) is 0 Å². The minimum atomic E-state index is -0.127. The number of nitrogens with one attached hydrogen (secondary N) is 3. The van der Waals surface area contributed by atoms with Gasteiger partial charge in [-0.15, -0.1) is 0 Å². The summed E-state index contributed by atoms with van der Waals surface area (Å²) in [6.07, 6.45) is 3.90. The van der Waals surface area contributed by atoms with E-state index in [1.165, 1.54) is 0 Å². The summed E-state index contributed by atoms with van der Waals surface area (Å²) in [5.41, 5.74) is 4.08. The van der Waals surface area contributed by atoms with Crippen LogP contribution in [0.15, 0.2) is 54.6 Å². The molecule has 6 nitrogen and oxygen atoms in total. The lowest BCUT2D eigenvalue weighted by molar-refractivity contribution is 0.243. The molecular weight excluding hydrogens is 386 g/mol. The number of aryl methyl sites for hydroxylation is 1. The van der Waals surface area contributed by atoms with Gasteiger partial charge in [0, 0.05) is 49.0 Å². The standard InChI is InChI=1S/C25H31N5O/c1-17-8-4-6-10-21(17)29-25(31)27-19-14-12-18(13-15-19)26-24-16-23(30(2)3)20-9-5-7-11-22(20)28-24/h4-11,16,18-19H,12-15H2,1-3H3,(H,26,28)(H2,27,29,31). The Hall–Kier alpha value is -3.28. The third kappa shape index (κ3) is 5.08. The van der Waals surface area contributed by atoms with Crippen LogP contribution < -0.4 is 20.9 Å². The lowest BCUT2D eigenvalue weighted by Gasteiger charge is -2.30. The van der Waals surface area contributed by atoms with Gasteiger partial charge in [0.1, 0.15) is 5.82 Å². The first-order chi connectivity index (χ1) is 15.0. The fraction of sp³-hybridized carbons (Fsp3) is 0.360. The first-order valence-corrected chi connectivity index (χ1v) is 11.0. The number of amides is 2. The van der Waals surface area contributed by atoms with Gasteiger partial charge in [0.05, 0.1) is 5.52 Å². The number of benzene rings is 2. The Labute approximate surface area is 184 Å². The molecule has 0 bridgehead atoms. The first kappa shape index (κ1) is 21.0. The zero-order valence-electron chi connectivity index (χ0n) is 18.5. The number of para-hydroxylation sites is 2. The molecule has 3 aromatic rings. The molecule has 162 valence electrons. The number of anilines is 3. The summed E-state index contributed by atoms with van der Waals surface area (Å²) in [5.74, 6) is 0.913. The van der Waals surface area contributed by atoms with Crippen molar-refractivity contribution in [1.29, 1.82) is 0 Å². The van der Waals surface area contributed by atoms with Crippen LogP contribution in [-0.2, 0) is 0 Å². The molecule has 2 aromatic carbocycles. The molecule has 1 fully saturated rings. The summed E-state index contributed by atoms with van der Waals surface area (Å²) < 4.78 is 0. The highest BCUT2D eigenvalue weighted by Crippen LogP contribution is 2.29. The minimum Gasteiger partial charge on any atom is -0.377 e. The molecule has 0 atom stereocenters. The lowest BCUT2D eigenvalue weighted by Crippen LogP contribution is -2.42. The van der Waals surface area contributed by atoms with Crippen LogP contribution in [-0.4, -0.2) is 37.2 Å². The van der Waals surface area contributed by atoms with Gasteiger partial charge in [-0.1, -0.05) is 36.4 Å². The van der Waals surface area contributed by atoms with Gasteiger partial charge in [-0.05, 0) is 50.3 Å². The van der Waals surface area contributed by atoms with E-state index in [-0.39, 0.29) is 12.1 Å². The summed E-state index contributed by atoms with van der Waals surface area (Å²) in [4.78, 5) is 19.3. The second-order valence-electron chi connectivity index (χ2n) is 8.54. The number of rotatable bonds is 5. The molecule has 0 radical (unpaired) electrons. The summed E-state index contributed by atoms with van der Waals surface area (Å²) in [6.45, 7) is 2.00.